The number of likely N-dealkylation sites (N-methyl/N-ethyl adjacent to an activating group) is 1. The highest BCUT2D eigenvalue weighted by Gasteiger charge is 2.17. The van der Waals surface area contributed by atoms with Gasteiger partial charge in [0.2, 0.25) is 0 Å². The molecule has 2 rings (SSSR count). The quantitative estimate of drug-likeness (QED) is 0.656. The zero-order valence-corrected chi connectivity index (χ0v) is 15.7. The van der Waals surface area contributed by atoms with Crippen LogP contribution in [-0.4, -0.2) is 36.5 Å². The first kappa shape index (κ1) is 19.8. The third-order valence-corrected chi connectivity index (χ3v) is 4.11. The number of hydrogen-bond donors (Lipinski definition) is 0. The first-order chi connectivity index (χ1) is 12.5. The lowest BCUT2D eigenvalue weighted by Crippen LogP contribution is -2.34. The molecule has 0 fully saturated rings. The molecule has 0 atom stereocenters. The number of ether oxygens (including phenoxy) is 2. The monoisotopic (exact) mass is 375 g/mol. The van der Waals surface area contributed by atoms with Gasteiger partial charge in [-0.2, -0.15) is 0 Å². The molecule has 26 heavy (non-hydrogen) atoms. The number of halogens is 1. The molecule has 5 nitrogen and oxygen atoms in total. The van der Waals surface area contributed by atoms with Gasteiger partial charge in [0.15, 0.2) is 6.61 Å². The lowest BCUT2D eigenvalue weighted by molar-refractivity contribution is -0.134. The van der Waals surface area contributed by atoms with Gasteiger partial charge in [-0.3, -0.25) is 4.79 Å². The second-order valence-electron chi connectivity index (χ2n) is 5.55. The summed E-state index contributed by atoms with van der Waals surface area (Å²) >= 11 is 5.87. The highest BCUT2D eigenvalue weighted by atomic mass is 35.5. The molecule has 138 valence electrons. The Morgan fingerprint density at radius 3 is 2.31 bits per heavy atom. The SMILES string of the molecule is CCN(CC)C(=O)COC(=O)c1ccccc1OCc1ccc(Cl)cc1. The van der Waals surface area contributed by atoms with E-state index in [1.165, 1.54) is 0 Å². The van der Waals surface area contributed by atoms with Crippen molar-refractivity contribution in [2.45, 2.75) is 20.5 Å². The number of rotatable bonds is 8. The highest BCUT2D eigenvalue weighted by molar-refractivity contribution is 6.30. The first-order valence-electron chi connectivity index (χ1n) is 8.46. The number of esters is 1. The zero-order valence-electron chi connectivity index (χ0n) is 14.9. The van der Waals surface area contributed by atoms with Crippen LogP contribution in [0.25, 0.3) is 0 Å². The van der Waals surface area contributed by atoms with Crippen LogP contribution in [0.1, 0.15) is 29.8 Å². The molecule has 2 aromatic rings. The van der Waals surface area contributed by atoms with Crippen molar-refractivity contribution in [1.82, 2.24) is 4.90 Å². The maximum Gasteiger partial charge on any atom is 0.342 e. The third kappa shape index (κ3) is 5.49. The summed E-state index contributed by atoms with van der Waals surface area (Å²) in [5, 5.41) is 0.649. The summed E-state index contributed by atoms with van der Waals surface area (Å²) < 4.78 is 10.9. The Morgan fingerprint density at radius 1 is 1.00 bits per heavy atom. The van der Waals surface area contributed by atoms with Gasteiger partial charge in [0.25, 0.3) is 5.91 Å². The van der Waals surface area contributed by atoms with Crippen molar-refractivity contribution < 1.29 is 19.1 Å². The van der Waals surface area contributed by atoms with Gasteiger partial charge in [-0.05, 0) is 43.7 Å². The summed E-state index contributed by atoms with van der Waals surface area (Å²) in [6, 6.07) is 14.1. The van der Waals surface area contributed by atoms with Gasteiger partial charge in [0.1, 0.15) is 17.9 Å². The van der Waals surface area contributed by atoms with E-state index in [0.29, 0.717) is 30.5 Å². The number of nitrogens with zero attached hydrogens (tertiary/aromatic N) is 1. The molecule has 0 aliphatic carbocycles. The molecule has 0 saturated carbocycles. The molecule has 1 amide bonds. The fourth-order valence-corrected chi connectivity index (χ4v) is 2.50. The van der Waals surface area contributed by atoms with Crippen LogP contribution in [0, 0.1) is 0 Å². The van der Waals surface area contributed by atoms with Gasteiger partial charge in [0, 0.05) is 18.1 Å². The van der Waals surface area contributed by atoms with Crippen LogP contribution in [0.2, 0.25) is 5.02 Å². The summed E-state index contributed by atoms with van der Waals surface area (Å²) in [5.41, 5.74) is 1.21. The molecule has 0 heterocycles. The standard InChI is InChI=1S/C20H22ClNO4/c1-3-22(4-2)19(23)14-26-20(24)17-7-5-6-8-18(17)25-13-15-9-11-16(21)12-10-15/h5-12H,3-4,13-14H2,1-2H3. The zero-order chi connectivity index (χ0) is 18.9. The highest BCUT2D eigenvalue weighted by Crippen LogP contribution is 2.21. The smallest absolute Gasteiger partial charge is 0.342 e. The number of hydrogen-bond acceptors (Lipinski definition) is 4. The van der Waals surface area contributed by atoms with Gasteiger partial charge < -0.3 is 14.4 Å². The maximum atomic E-state index is 12.3. The van der Waals surface area contributed by atoms with E-state index in [4.69, 9.17) is 21.1 Å². The van der Waals surface area contributed by atoms with Crippen molar-refractivity contribution in [2.24, 2.45) is 0 Å². The minimum atomic E-state index is -0.586. The summed E-state index contributed by atoms with van der Waals surface area (Å²) in [6.45, 7) is 4.92. The van der Waals surface area contributed by atoms with Crippen LogP contribution in [0.5, 0.6) is 5.75 Å². The van der Waals surface area contributed by atoms with Crippen molar-refractivity contribution in [3.8, 4) is 5.75 Å². The summed E-state index contributed by atoms with van der Waals surface area (Å²) in [7, 11) is 0. The molecule has 0 radical (unpaired) electrons. The van der Waals surface area contributed by atoms with E-state index in [-0.39, 0.29) is 18.1 Å². The predicted molar refractivity (Wildman–Crippen MR) is 100 cm³/mol. The number of benzene rings is 2. The average molecular weight is 376 g/mol. The fourth-order valence-electron chi connectivity index (χ4n) is 2.38. The van der Waals surface area contributed by atoms with Crippen molar-refractivity contribution >= 4 is 23.5 Å². The van der Waals surface area contributed by atoms with E-state index >= 15 is 0 Å². The van der Waals surface area contributed by atoms with Gasteiger partial charge in [-0.15, -0.1) is 0 Å². The Morgan fingerprint density at radius 2 is 1.65 bits per heavy atom. The molecule has 6 heteroatoms. The average Bonchev–Trinajstić information content (AvgIpc) is 2.67. The number of para-hydroxylation sites is 1. The Balaban J connectivity index is 1.99. The summed E-state index contributed by atoms with van der Waals surface area (Å²) in [4.78, 5) is 25.9. The molecule has 0 spiro atoms. The van der Waals surface area contributed by atoms with E-state index in [0.717, 1.165) is 5.56 Å². The lowest BCUT2D eigenvalue weighted by Gasteiger charge is -2.18. The molecule has 0 saturated heterocycles. The topological polar surface area (TPSA) is 55.8 Å². The lowest BCUT2D eigenvalue weighted by atomic mass is 10.2. The first-order valence-corrected chi connectivity index (χ1v) is 8.84. The normalized spacial score (nSPS) is 10.3. The van der Waals surface area contributed by atoms with Gasteiger partial charge >= 0.3 is 5.97 Å². The molecular weight excluding hydrogens is 354 g/mol. The minimum Gasteiger partial charge on any atom is -0.488 e. The molecule has 0 N–H and O–H groups in total. The predicted octanol–water partition coefficient (Wildman–Crippen LogP) is 3.94. The van der Waals surface area contributed by atoms with E-state index in [1.54, 1.807) is 41.3 Å². The Bertz CT molecular complexity index is 742. The molecule has 2 aromatic carbocycles. The van der Waals surface area contributed by atoms with Crippen LogP contribution < -0.4 is 4.74 Å². The summed E-state index contributed by atoms with van der Waals surface area (Å²) in [5.74, 6) is -0.400. The minimum absolute atomic E-state index is 0.220. The molecule has 0 aliphatic rings. The Kier molecular flexibility index (Phi) is 7.48. The molecular formula is C20H22ClNO4. The van der Waals surface area contributed by atoms with Crippen LogP contribution in [0.15, 0.2) is 48.5 Å². The van der Waals surface area contributed by atoms with Crippen molar-refractivity contribution in [3.63, 3.8) is 0 Å². The van der Waals surface area contributed by atoms with Crippen molar-refractivity contribution in [1.29, 1.82) is 0 Å². The Labute approximate surface area is 158 Å². The van der Waals surface area contributed by atoms with Gasteiger partial charge in [-0.1, -0.05) is 35.9 Å². The van der Waals surface area contributed by atoms with Gasteiger partial charge in [0.05, 0.1) is 0 Å². The van der Waals surface area contributed by atoms with E-state index in [2.05, 4.69) is 0 Å². The molecule has 0 unspecified atom stereocenters. The van der Waals surface area contributed by atoms with Crippen LogP contribution in [0.4, 0.5) is 0 Å². The van der Waals surface area contributed by atoms with Crippen LogP contribution >= 0.6 is 11.6 Å². The Hall–Kier alpha value is -2.53. The summed E-state index contributed by atoms with van der Waals surface area (Å²) in [6.07, 6.45) is 0. The number of carbonyl (C=O) groups is 2. The number of amides is 1. The third-order valence-electron chi connectivity index (χ3n) is 3.86. The van der Waals surface area contributed by atoms with Crippen molar-refractivity contribution in [2.75, 3.05) is 19.7 Å². The second kappa shape index (κ2) is 9.82. The van der Waals surface area contributed by atoms with E-state index in [1.807, 2.05) is 26.0 Å². The van der Waals surface area contributed by atoms with E-state index < -0.39 is 5.97 Å². The maximum absolute atomic E-state index is 12.3. The molecule has 0 aliphatic heterocycles. The molecule has 0 bridgehead atoms. The van der Waals surface area contributed by atoms with Crippen molar-refractivity contribution in [3.05, 3.63) is 64.7 Å². The fraction of sp³-hybridized carbons (Fsp3) is 0.300. The van der Waals surface area contributed by atoms with Gasteiger partial charge in [-0.25, -0.2) is 4.79 Å². The van der Waals surface area contributed by atoms with Crippen LogP contribution in [0.3, 0.4) is 0 Å². The second-order valence-corrected chi connectivity index (χ2v) is 5.99. The molecule has 0 aromatic heterocycles. The number of carbonyl (C=O) groups excluding carboxylic acids is 2. The largest absolute Gasteiger partial charge is 0.488 e. The van der Waals surface area contributed by atoms with E-state index in [9.17, 15) is 9.59 Å². The van der Waals surface area contributed by atoms with Crippen LogP contribution in [-0.2, 0) is 16.1 Å².